The van der Waals surface area contributed by atoms with Gasteiger partial charge in [0.25, 0.3) is 5.56 Å². The van der Waals surface area contributed by atoms with E-state index in [-0.39, 0.29) is 24.1 Å². The Kier molecular flexibility index (Phi) is 8.10. The van der Waals surface area contributed by atoms with Crippen LogP contribution in [0.1, 0.15) is 40.0 Å². The summed E-state index contributed by atoms with van der Waals surface area (Å²) in [5.41, 5.74) is 1.33. The first-order valence-corrected chi connectivity index (χ1v) is 10.6. The zero-order valence-electron chi connectivity index (χ0n) is 16.6. The zero-order chi connectivity index (χ0) is 19.8. The number of aromatic nitrogens is 2. The highest BCUT2D eigenvalue weighted by Gasteiger charge is 2.11. The van der Waals surface area contributed by atoms with Crippen LogP contribution in [0.25, 0.3) is 11.3 Å². The number of carbonyl (C=O) groups excluding carboxylic acids is 1. The van der Waals surface area contributed by atoms with Gasteiger partial charge < -0.3 is 5.32 Å². The molecule has 0 spiro atoms. The minimum atomic E-state index is -0.276. The number of hydrogen-bond donors (Lipinski definition) is 1. The van der Waals surface area contributed by atoms with Crippen LogP contribution in [-0.2, 0) is 11.3 Å². The van der Waals surface area contributed by atoms with Crippen molar-refractivity contribution in [3.8, 4) is 11.3 Å². The number of thioether (sulfide) groups is 1. The summed E-state index contributed by atoms with van der Waals surface area (Å²) in [5, 5.41) is 7.33. The second kappa shape index (κ2) is 10.3. The summed E-state index contributed by atoms with van der Waals surface area (Å²) >= 11 is 1.67. The van der Waals surface area contributed by atoms with Gasteiger partial charge in [-0.1, -0.05) is 38.8 Å². The summed E-state index contributed by atoms with van der Waals surface area (Å²) < 4.78 is 1.23. The van der Waals surface area contributed by atoms with E-state index in [9.17, 15) is 9.59 Å². The molecule has 0 aliphatic carbocycles. The van der Waals surface area contributed by atoms with Gasteiger partial charge >= 0.3 is 0 Å². The third-order valence-electron chi connectivity index (χ3n) is 4.37. The Bertz CT molecular complexity index is 800. The van der Waals surface area contributed by atoms with Crippen LogP contribution < -0.4 is 10.9 Å². The van der Waals surface area contributed by atoms with E-state index < -0.39 is 0 Å². The molecular formula is C21H29N3O2S. The molecule has 146 valence electrons. The number of amides is 1. The van der Waals surface area contributed by atoms with Crippen molar-refractivity contribution in [2.24, 2.45) is 5.92 Å². The third kappa shape index (κ3) is 6.86. The average Bonchev–Trinajstić information content (AvgIpc) is 2.63. The van der Waals surface area contributed by atoms with Crippen LogP contribution in [0.2, 0.25) is 0 Å². The molecule has 0 saturated carbocycles. The standard InChI is InChI=1S/C21H29N3O2S/c1-15(2)6-5-7-16(3)22-20(25)14-24-21(26)13-12-19(23-24)17-8-10-18(27-4)11-9-17/h8-13,15-16H,5-7,14H2,1-4H3,(H,22,25). The van der Waals surface area contributed by atoms with E-state index in [2.05, 4.69) is 24.3 Å². The predicted octanol–water partition coefficient (Wildman–Crippen LogP) is 3.96. The lowest BCUT2D eigenvalue weighted by atomic mass is 10.0. The van der Waals surface area contributed by atoms with Gasteiger partial charge in [-0.2, -0.15) is 5.10 Å². The Morgan fingerprint density at radius 1 is 1.11 bits per heavy atom. The molecule has 1 N–H and O–H groups in total. The van der Waals surface area contributed by atoms with E-state index in [0.29, 0.717) is 11.6 Å². The highest BCUT2D eigenvalue weighted by atomic mass is 32.2. The molecule has 1 unspecified atom stereocenters. The van der Waals surface area contributed by atoms with E-state index in [4.69, 9.17) is 0 Å². The zero-order valence-corrected chi connectivity index (χ0v) is 17.4. The van der Waals surface area contributed by atoms with E-state index in [0.717, 1.165) is 29.7 Å². The van der Waals surface area contributed by atoms with Crippen molar-refractivity contribution < 1.29 is 4.79 Å². The minimum Gasteiger partial charge on any atom is -0.352 e. The van der Waals surface area contributed by atoms with Crippen LogP contribution in [0.15, 0.2) is 46.1 Å². The molecular weight excluding hydrogens is 358 g/mol. The van der Waals surface area contributed by atoms with Crippen molar-refractivity contribution in [1.82, 2.24) is 15.1 Å². The monoisotopic (exact) mass is 387 g/mol. The number of rotatable bonds is 9. The highest BCUT2D eigenvalue weighted by Crippen LogP contribution is 2.20. The van der Waals surface area contributed by atoms with Gasteiger partial charge in [0.2, 0.25) is 5.91 Å². The van der Waals surface area contributed by atoms with Gasteiger partial charge in [0.1, 0.15) is 6.54 Å². The maximum Gasteiger partial charge on any atom is 0.267 e. The lowest BCUT2D eigenvalue weighted by molar-refractivity contribution is -0.122. The molecule has 1 aromatic heterocycles. The van der Waals surface area contributed by atoms with E-state index in [1.54, 1.807) is 17.8 Å². The fourth-order valence-electron chi connectivity index (χ4n) is 2.84. The first kappa shape index (κ1) is 21.2. The summed E-state index contributed by atoms with van der Waals surface area (Å²) in [6, 6.07) is 11.2. The number of nitrogens with zero attached hydrogens (tertiary/aromatic N) is 2. The Morgan fingerprint density at radius 3 is 2.44 bits per heavy atom. The molecule has 6 heteroatoms. The van der Waals surface area contributed by atoms with Crippen LogP contribution in [0.4, 0.5) is 0 Å². The number of nitrogens with one attached hydrogen (secondary N) is 1. The third-order valence-corrected chi connectivity index (χ3v) is 5.12. The average molecular weight is 388 g/mol. The molecule has 0 bridgehead atoms. The minimum absolute atomic E-state index is 0.0654. The molecule has 0 fully saturated rings. The van der Waals surface area contributed by atoms with Crippen molar-refractivity contribution in [3.63, 3.8) is 0 Å². The van der Waals surface area contributed by atoms with Crippen LogP contribution in [0.3, 0.4) is 0 Å². The Balaban J connectivity index is 2.01. The first-order chi connectivity index (χ1) is 12.9. The van der Waals surface area contributed by atoms with Crippen molar-refractivity contribution in [2.75, 3.05) is 6.26 Å². The maximum atomic E-state index is 12.3. The van der Waals surface area contributed by atoms with Crippen molar-refractivity contribution in [1.29, 1.82) is 0 Å². The second-order valence-electron chi connectivity index (χ2n) is 7.24. The van der Waals surface area contributed by atoms with Gasteiger partial charge in [0.05, 0.1) is 5.69 Å². The van der Waals surface area contributed by atoms with Crippen molar-refractivity contribution >= 4 is 17.7 Å². The molecule has 5 nitrogen and oxygen atoms in total. The van der Waals surface area contributed by atoms with E-state index in [1.165, 1.54) is 10.7 Å². The number of hydrogen-bond acceptors (Lipinski definition) is 4. The molecule has 1 amide bonds. The van der Waals surface area contributed by atoms with Crippen LogP contribution in [0, 0.1) is 5.92 Å². The molecule has 1 heterocycles. The lowest BCUT2D eigenvalue weighted by Gasteiger charge is -2.15. The van der Waals surface area contributed by atoms with Gasteiger partial charge in [-0.3, -0.25) is 9.59 Å². The highest BCUT2D eigenvalue weighted by molar-refractivity contribution is 7.98. The van der Waals surface area contributed by atoms with Crippen LogP contribution in [-0.4, -0.2) is 28.0 Å². The summed E-state index contributed by atoms with van der Waals surface area (Å²) in [6.45, 7) is 6.33. The molecule has 0 saturated heterocycles. The van der Waals surface area contributed by atoms with Gasteiger partial charge in [-0.05, 0) is 43.7 Å². The molecule has 2 aromatic rings. The summed E-state index contributed by atoms with van der Waals surface area (Å²) in [5.74, 6) is 0.486. The lowest BCUT2D eigenvalue weighted by Crippen LogP contribution is -2.38. The normalized spacial score (nSPS) is 12.2. The van der Waals surface area contributed by atoms with Gasteiger partial charge in [0, 0.05) is 22.6 Å². The maximum absolute atomic E-state index is 12.3. The SMILES string of the molecule is CSc1ccc(-c2ccc(=O)n(CC(=O)NC(C)CCCC(C)C)n2)cc1. The fourth-order valence-corrected chi connectivity index (χ4v) is 3.25. The topological polar surface area (TPSA) is 64.0 Å². The van der Waals surface area contributed by atoms with Crippen molar-refractivity contribution in [3.05, 3.63) is 46.8 Å². The smallest absolute Gasteiger partial charge is 0.267 e. The molecule has 0 aliphatic heterocycles. The molecule has 0 aliphatic rings. The van der Waals surface area contributed by atoms with Crippen molar-refractivity contribution in [2.45, 2.75) is 57.5 Å². The van der Waals surface area contributed by atoms with Crippen LogP contribution in [0.5, 0.6) is 0 Å². The van der Waals surface area contributed by atoms with Crippen LogP contribution >= 0.6 is 11.8 Å². The Labute approximate surface area is 165 Å². The van der Waals surface area contributed by atoms with Gasteiger partial charge in [-0.25, -0.2) is 4.68 Å². The molecule has 0 radical (unpaired) electrons. The molecule has 2 rings (SSSR count). The summed E-state index contributed by atoms with van der Waals surface area (Å²) in [6.07, 6.45) is 5.20. The molecule has 1 atom stereocenters. The molecule has 1 aromatic carbocycles. The van der Waals surface area contributed by atoms with E-state index >= 15 is 0 Å². The number of benzene rings is 1. The van der Waals surface area contributed by atoms with Gasteiger partial charge in [-0.15, -0.1) is 11.8 Å². The number of carbonyl (C=O) groups is 1. The summed E-state index contributed by atoms with van der Waals surface area (Å²) in [7, 11) is 0. The first-order valence-electron chi connectivity index (χ1n) is 9.41. The summed E-state index contributed by atoms with van der Waals surface area (Å²) in [4.78, 5) is 25.5. The molecule has 27 heavy (non-hydrogen) atoms. The Morgan fingerprint density at radius 2 is 1.81 bits per heavy atom. The van der Waals surface area contributed by atoms with Gasteiger partial charge in [0.15, 0.2) is 0 Å². The van der Waals surface area contributed by atoms with E-state index in [1.807, 2.05) is 37.4 Å². The second-order valence-corrected chi connectivity index (χ2v) is 8.12. The largest absolute Gasteiger partial charge is 0.352 e. The quantitative estimate of drug-likeness (QED) is 0.662. The predicted molar refractivity (Wildman–Crippen MR) is 112 cm³/mol. The fraction of sp³-hybridized carbons (Fsp3) is 0.476. The Hall–Kier alpha value is -2.08.